The summed E-state index contributed by atoms with van der Waals surface area (Å²) < 4.78 is 15.6. The Kier molecular flexibility index (Phi) is 6.69. The fraction of sp³-hybridized carbons (Fsp3) is 0.259. The molecule has 182 valence electrons. The quantitative estimate of drug-likeness (QED) is 0.419. The predicted molar refractivity (Wildman–Crippen MR) is 138 cm³/mol. The zero-order chi connectivity index (χ0) is 25.1. The molecule has 0 saturated heterocycles. The van der Waals surface area contributed by atoms with Crippen molar-refractivity contribution in [2.75, 3.05) is 14.2 Å². The van der Waals surface area contributed by atoms with Crippen LogP contribution in [0.4, 0.5) is 0 Å². The van der Waals surface area contributed by atoms with Gasteiger partial charge in [-0.2, -0.15) is 5.26 Å². The van der Waals surface area contributed by atoms with Crippen LogP contribution in [0.25, 0.3) is 17.3 Å². The summed E-state index contributed by atoms with van der Waals surface area (Å²) in [5.74, 6) is 2.49. The molecule has 0 unspecified atom stereocenters. The largest absolute Gasteiger partial charge is 0.493 e. The van der Waals surface area contributed by atoms with Gasteiger partial charge in [0.15, 0.2) is 17.3 Å². The average molecular weight is 500 g/mol. The van der Waals surface area contributed by atoms with Crippen LogP contribution >= 0.6 is 11.3 Å². The van der Waals surface area contributed by atoms with E-state index in [-0.39, 0.29) is 5.56 Å². The van der Waals surface area contributed by atoms with Crippen molar-refractivity contribution < 1.29 is 9.47 Å². The number of hydrogen-bond acceptors (Lipinski definition) is 7. The summed E-state index contributed by atoms with van der Waals surface area (Å²) in [7, 11) is 3.14. The van der Waals surface area contributed by atoms with Gasteiger partial charge in [-0.15, -0.1) is 21.5 Å². The van der Waals surface area contributed by atoms with E-state index in [1.54, 1.807) is 30.9 Å². The number of fused-ring (bicyclic) bond motifs is 1. The number of nitriles is 1. The third-order valence-corrected chi connectivity index (χ3v) is 7.31. The normalized spacial score (nSPS) is 14.5. The zero-order valence-corrected chi connectivity index (χ0v) is 20.9. The molecule has 1 aliphatic heterocycles. The lowest BCUT2D eigenvalue weighted by Gasteiger charge is -2.09. The van der Waals surface area contributed by atoms with E-state index in [2.05, 4.69) is 16.3 Å². The number of rotatable bonds is 5. The maximum absolute atomic E-state index is 13.8. The van der Waals surface area contributed by atoms with E-state index in [1.165, 1.54) is 11.3 Å². The zero-order valence-electron chi connectivity index (χ0n) is 20.1. The molecule has 8 nitrogen and oxygen atoms in total. The van der Waals surface area contributed by atoms with Crippen molar-refractivity contribution in [3.05, 3.63) is 85.3 Å². The smallest absolute Gasteiger partial charge is 0.273 e. The van der Waals surface area contributed by atoms with Gasteiger partial charge in [-0.25, -0.2) is 0 Å². The van der Waals surface area contributed by atoms with Crippen molar-refractivity contribution >= 4 is 23.0 Å². The van der Waals surface area contributed by atoms with Crippen LogP contribution in [0.2, 0.25) is 0 Å². The molecule has 1 aliphatic rings. The van der Waals surface area contributed by atoms with Crippen LogP contribution < -0.4 is 24.2 Å². The molecule has 0 saturated carbocycles. The minimum atomic E-state index is -0.227. The summed E-state index contributed by atoms with van der Waals surface area (Å²) in [6.45, 7) is 0.754. The second-order valence-electron chi connectivity index (χ2n) is 8.36. The van der Waals surface area contributed by atoms with Crippen molar-refractivity contribution in [1.29, 1.82) is 5.26 Å². The van der Waals surface area contributed by atoms with Gasteiger partial charge in [0.1, 0.15) is 22.1 Å². The van der Waals surface area contributed by atoms with Crippen molar-refractivity contribution in [2.24, 2.45) is 0 Å². The van der Waals surface area contributed by atoms with E-state index in [1.807, 2.05) is 47.0 Å². The van der Waals surface area contributed by atoms with Gasteiger partial charge in [-0.3, -0.25) is 9.36 Å². The molecule has 0 spiro atoms. The summed E-state index contributed by atoms with van der Waals surface area (Å²) in [6, 6.07) is 17.2. The van der Waals surface area contributed by atoms with Gasteiger partial charge in [0.05, 0.1) is 24.4 Å². The molecule has 9 heteroatoms. The Labute approximate surface area is 212 Å². The maximum atomic E-state index is 13.8. The van der Waals surface area contributed by atoms with Crippen LogP contribution in [0.3, 0.4) is 0 Å². The number of hydrogen-bond donors (Lipinski definition) is 0. The molecule has 5 rings (SSSR count). The van der Waals surface area contributed by atoms with Crippen molar-refractivity contribution in [3.63, 3.8) is 0 Å². The molecule has 4 aromatic rings. The summed E-state index contributed by atoms with van der Waals surface area (Å²) in [6.07, 6.45) is 5.77. The third-order valence-electron chi connectivity index (χ3n) is 6.22. The first-order valence-corrected chi connectivity index (χ1v) is 12.5. The number of nitrogens with zero attached hydrogens (tertiary/aromatic N) is 5. The maximum Gasteiger partial charge on any atom is 0.273 e. The van der Waals surface area contributed by atoms with E-state index in [0.29, 0.717) is 43.3 Å². The monoisotopic (exact) mass is 499 g/mol. The Morgan fingerprint density at radius 2 is 1.89 bits per heavy atom. The Hall–Kier alpha value is -4.16. The number of benzene rings is 2. The SMILES string of the molecule is COc1cccc(/C=c2\s/c(=C(/C#N)c3nnc4n3CCCCC4)n(-c3ccccc3)c2=O)c1OC. The van der Waals surface area contributed by atoms with E-state index in [9.17, 15) is 10.1 Å². The van der Waals surface area contributed by atoms with E-state index in [0.717, 1.165) is 38.1 Å². The van der Waals surface area contributed by atoms with Gasteiger partial charge in [0.25, 0.3) is 5.56 Å². The average Bonchev–Trinajstić information content (AvgIpc) is 3.35. The molecule has 0 aliphatic carbocycles. The van der Waals surface area contributed by atoms with Crippen molar-refractivity contribution in [1.82, 2.24) is 19.3 Å². The van der Waals surface area contributed by atoms with Gasteiger partial charge in [-0.05, 0) is 37.1 Å². The molecule has 3 heterocycles. The number of methoxy groups -OCH3 is 2. The summed E-state index contributed by atoms with van der Waals surface area (Å²) >= 11 is 1.25. The van der Waals surface area contributed by atoms with Gasteiger partial charge in [0.2, 0.25) is 0 Å². The summed E-state index contributed by atoms with van der Waals surface area (Å²) in [5.41, 5.74) is 1.49. The van der Waals surface area contributed by atoms with Gasteiger partial charge in [0, 0.05) is 18.5 Å². The standard InChI is InChI=1S/C27H25N5O3S/c1-34-21-13-9-10-18(24(21)35-2)16-22-26(33)32(19-11-5-3-6-12-19)27(36-22)20(17-28)25-30-29-23-14-7-4-8-15-31(23)25/h3,5-6,9-13,16H,4,7-8,14-15H2,1-2H3/b22-16-,27-20-. The summed E-state index contributed by atoms with van der Waals surface area (Å²) in [5, 5.41) is 19.1. The minimum Gasteiger partial charge on any atom is -0.493 e. The van der Waals surface area contributed by atoms with Crippen LogP contribution in [0.15, 0.2) is 53.3 Å². The van der Waals surface area contributed by atoms with E-state index in [4.69, 9.17) is 9.47 Å². The molecule has 0 bridgehead atoms. The lowest BCUT2D eigenvalue weighted by Crippen LogP contribution is -2.31. The first-order chi connectivity index (χ1) is 17.7. The minimum absolute atomic E-state index is 0.227. The highest BCUT2D eigenvalue weighted by Crippen LogP contribution is 2.31. The molecule has 2 aromatic heterocycles. The van der Waals surface area contributed by atoms with Gasteiger partial charge < -0.3 is 14.0 Å². The lowest BCUT2D eigenvalue weighted by atomic mass is 10.2. The highest BCUT2D eigenvalue weighted by molar-refractivity contribution is 7.07. The van der Waals surface area contributed by atoms with Crippen molar-refractivity contribution in [2.45, 2.75) is 32.2 Å². The van der Waals surface area contributed by atoms with Crippen LogP contribution in [0.5, 0.6) is 11.5 Å². The Morgan fingerprint density at radius 1 is 1.06 bits per heavy atom. The fourth-order valence-electron chi connectivity index (χ4n) is 4.49. The van der Waals surface area contributed by atoms with Gasteiger partial charge >= 0.3 is 0 Å². The highest BCUT2D eigenvalue weighted by Gasteiger charge is 2.21. The molecule has 36 heavy (non-hydrogen) atoms. The molecule has 2 aromatic carbocycles. The third kappa shape index (κ3) is 4.20. The number of aromatic nitrogens is 4. The molecular weight excluding hydrogens is 474 g/mol. The first kappa shape index (κ1) is 23.6. The first-order valence-electron chi connectivity index (χ1n) is 11.7. The topological polar surface area (TPSA) is 95.0 Å². The second kappa shape index (κ2) is 10.2. The lowest BCUT2D eigenvalue weighted by molar-refractivity contribution is 0.354. The Balaban J connectivity index is 1.84. The van der Waals surface area contributed by atoms with Crippen LogP contribution in [-0.2, 0) is 13.0 Å². The van der Waals surface area contributed by atoms with Crippen LogP contribution in [0.1, 0.15) is 36.5 Å². The van der Waals surface area contributed by atoms with Crippen LogP contribution in [-0.4, -0.2) is 33.6 Å². The summed E-state index contributed by atoms with van der Waals surface area (Å²) in [4.78, 5) is 13.8. The fourth-order valence-corrected chi connectivity index (χ4v) is 5.58. The number of ether oxygens (including phenoxy) is 2. The molecular formula is C27H25N5O3S. The molecule has 0 amide bonds. The molecule has 0 atom stereocenters. The molecule has 0 fully saturated rings. The van der Waals surface area contributed by atoms with Crippen molar-refractivity contribution in [3.8, 4) is 23.3 Å². The predicted octanol–water partition coefficient (Wildman–Crippen LogP) is 2.79. The Bertz CT molecular complexity index is 1630. The molecule has 0 radical (unpaired) electrons. The molecule has 0 N–H and O–H groups in total. The highest BCUT2D eigenvalue weighted by atomic mass is 32.1. The van der Waals surface area contributed by atoms with E-state index >= 15 is 0 Å². The Morgan fingerprint density at radius 3 is 2.64 bits per heavy atom. The number of thiazole rings is 1. The number of aryl methyl sites for hydroxylation is 1. The van der Waals surface area contributed by atoms with Crippen LogP contribution in [0, 0.1) is 11.3 Å². The second-order valence-corrected chi connectivity index (χ2v) is 9.39. The number of para-hydroxylation sites is 2. The van der Waals surface area contributed by atoms with Gasteiger partial charge in [-0.1, -0.05) is 36.8 Å². The van der Waals surface area contributed by atoms with E-state index < -0.39 is 0 Å².